The molecular formula is C30H29LiN2O3S. The van der Waals surface area contributed by atoms with Crippen molar-refractivity contribution >= 4 is 46.7 Å². The standard InChI is InChI=1S/C30H28N2O3S.Li.H/c1-20-7-3-5-9-24(20)26-18-21(11-12-22-17-23-8-4-6-10-27(23)31-19-22)13-14-25(26)29(33)32-28(30(34)35)15-16-36-2;;/h3-14,17-19,28H,15-16H2,1-2H3,(H,32,33)(H,34,35);;/q;+1;-1. The minimum Gasteiger partial charge on any atom is -1.00 e. The molecule has 1 unspecified atom stereocenters. The van der Waals surface area contributed by atoms with Crippen LogP contribution in [0.4, 0.5) is 0 Å². The number of carboxylic acids is 1. The summed E-state index contributed by atoms with van der Waals surface area (Å²) in [5.74, 6) is -0.774. The van der Waals surface area contributed by atoms with Crippen molar-refractivity contribution in [3.05, 3.63) is 101 Å². The van der Waals surface area contributed by atoms with Crippen LogP contribution in [0.25, 0.3) is 34.2 Å². The van der Waals surface area contributed by atoms with Crippen LogP contribution >= 0.6 is 11.8 Å². The third kappa shape index (κ3) is 7.14. The molecule has 0 saturated carbocycles. The van der Waals surface area contributed by atoms with Gasteiger partial charge in [0.1, 0.15) is 6.04 Å². The Morgan fingerprint density at radius 1 is 1.00 bits per heavy atom. The van der Waals surface area contributed by atoms with Crippen LogP contribution < -0.4 is 24.2 Å². The first-order chi connectivity index (χ1) is 17.5. The van der Waals surface area contributed by atoms with Gasteiger partial charge in [0.2, 0.25) is 0 Å². The van der Waals surface area contributed by atoms with Gasteiger partial charge >= 0.3 is 24.8 Å². The molecule has 0 bridgehead atoms. The topological polar surface area (TPSA) is 79.3 Å². The summed E-state index contributed by atoms with van der Waals surface area (Å²) in [6.45, 7) is 2.00. The van der Waals surface area contributed by atoms with Gasteiger partial charge in [-0.2, -0.15) is 11.8 Å². The third-order valence-corrected chi connectivity index (χ3v) is 6.66. The smallest absolute Gasteiger partial charge is 1.00 e. The Hall–Kier alpha value is -3.30. The first kappa shape index (κ1) is 28.3. The zero-order chi connectivity index (χ0) is 25.5. The molecule has 1 heterocycles. The van der Waals surface area contributed by atoms with E-state index in [4.69, 9.17) is 0 Å². The number of nitrogens with one attached hydrogen (secondary N) is 1. The number of nitrogens with zero attached hydrogens (tertiary/aromatic N) is 1. The molecule has 0 aliphatic heterocycles. The van der Waals surface area contributed by atoms with Crippen molar-refractivity contribution in [3.63, 3.8) is 0 Å². The number of aryl methyl sites for hydroxylation is 1. The quantitative estimate of drug-likeness (QED) is 0.342. The Labute approximate surface area is 235 Å². The number of thioether (sulfide) groups is 1. The van der Waals surface area contributed by atoms with Crippen LogP contribution in [-0.4, -0.2) is 40.0 Å². The first-order valence-corrected chi connectivity index (χ1v) is 13.1. The predicted molar refractivity (Wildman–Crippen MR) is 150 cm³/mol. The van der Waals surface area contributed by atoms with E-state index < -0.39 is 17.9 Å². The van der Waals surface area contributed by atoms with Gasteiger partial charge in [-0.25, -0.2) is 4.79 Å². The zero-order valence-corrected chi connectivity index (χ0v) is 22.1. The summed E-state index contributed by atoms with van der Waals surface area (Å²) in [4.78, 5) is 29.5. The van der Waals surface area contributed by atoms with Crippen LogP contribution in [0.3, 0.4) is 0 Å². The number of para-hydroxylation sites is 1. The molecule has 184 valence electrons. The first-order valence-electron chi connectivity index (χ1n) is 11.7. The minimum atomic E-state index is -1.03. The maximum atomic E-state index is 13.2. The molecule has 0 fully saturated rings. The summed E-state index contributed by atoms with van der Waals surface area (Å²) >= 11 is 1.55. The molecule has 7 heteroatoms. The van der Waals surface area contributed by atoms with Crippen molar-refractivity contribution in [1.82, 2.24) is 10.3 Å². The number of carbonyl (C=O) groups is 2. The van der Waals surface area contributed by atoms with Gasteiger partial charge in [0.15, 0.2) is 0 Å². The molecule has 4 aromatic rings. The van der Waals surface area contributed by atoms with Crippen molar-refractivity contribution in [3.8, 4) is 11.1 Å². The van der Waals surface area contributed by atoms with E-state index in [0.717, 1.165) is 38.7 Å². The van der Waals surface area contributed by atoms with Crippen LogP contribution in [0, 0.1) is 6.92 Å². The number of benzene rings is 3. The minimum absolute atomic E-state index is 0. The van der Waals surface area contributed by atoms with Gasteiger partial charge in [-0.05, 0) is 77.4 Å². The number of hydrogen-bond donors (Lipinski definition) is 2. The van der Waals surface area contributed by atoms with Gasteiger partial charge in [0.25, 0.3) is 5.91 Å². The summed E-state index contributed by atoms with van der Waals surface area (Å²) < 4.78 is 0. The summed E-state index contributed by atoms with van der Waals surface area (Å²) in [5.41, 5.74) is 6.03. The Balaban J connectivity index is 0.00000253. The number of amides is 1. The maximum absolute atomic E-state index is 13.2. The molecule has 0 spiro atoms. The van der Waals surface area contributed by atoms with Crippen molar-refractivity contribution in [2.75, 3.05) is 12.0 Å². The van der Waals surface area contributed by atoms with E-state index in [-0.39, 0.29) is 20.3 Å². The van der Waals surface area contributed by atoms with Crippen molar-refractivity contribution < 1.29 is 35.0 Å². The zero-order valence-electron chi connectivity index (χ0n) is 22.3. The molecule has 0 aliphatic carbocycles. The summed E-state index contributed by atoms with van der Waals surface area (Å²) in [6, 6.07) is 22.6. The van der Waals surface area contributed by atoms with Crippen LogP contribution in [0.1, 0.15) is 34.9 Å². The van der Waals surface area contributed by atoms with E-state index in [9.17, 15) is 14.7 Å². The SMILES string of the molecule is CSCCC(NC(=O)c1ccc(C=Cc2cnc3ccccc3c2)cc1-c1ccccc1C)C(=O)O.[H-].[Li+]. The normalized spacial score (nSPS) is 11.7. The van der Waals surface area contributed by atoms with E-state index in [1.807, 2.05) is 92.2 Å². The fraction of sp³-hybridized carbons (Fsp3) is 0.167. The number of carboxylic acid groups (broad SMARTS) is 1. The summed E-state index contributed by atoms with van der Waals surface area (Å²) in [5, 5.41) is 13.4. The number of fused-ring (bicyclic) bond motifs is 1. The molecule has 0 aliphatic rings. The van der Waals surface area contributed by atoms with E-state index in [1.54, 1.807) is 17.8 Å². The molecule has 5 nitrogen and oxygen atoms in total. The van der Waals surface area contributed by atoms with Gasteiger partial charge in [-0.3, -0.25) is 9.78 Å². The van der Waals surface area contributed by atoms with Crippen molar-refractivity contribution in [2.24, 2.45) is 0 Å². The van der Waals surface area contributed by atoms with Crippen molar-refractivity contribution in [2.45, 2.75) is 19.4 Å². The Morgan fingerprint density at radius 3 is 2.49 bits per heavy atom. The number of carbonyl (C=O) groups excluding carboxylic acids is 1. The second-order valence-electron chi connectivity index (χ2n) is 8.56. The number of aromatic nitrogens is 1. The van der Waals surface area contributed by atoms with Crippen LogP contribution in [-0.2, 0) is 4.79 Å². The van der Waals surface area contributed by atoms with Gasteiger partial charge in [0.05, 0.1) is 5.52 Å². The van der Waals surface area contributed by atoms with Gasteiger partial charge < -0.3 is 11.8 Å². The van der Waals surface area contributed by atoms with E-state index in [0.29, 0.717) is 17.7 Å². The summed E-state index contributed by atoms with van der Waals surface area (Å²) in [7, 11) is 0. The molecule has 4 rings (SSSR count). The average Bonchev–Trinajstić information content (AvgIpc) is 2.89. The number of rotatable bonds is 9. The van der Waals surface area contributed by atoms with Gasteiger partial charge in [-0.15, -0.1) is 0 Å². The largest absolute Gasteiger partial charge is 1.00 e. The monoisotopic (exact) mass is 504 g/mol. The molecule has 1 amide bonds. The Kier molecular flexibility index (Phi) is 10.2. The number of pyridine rings is 1. The maximum Gasteiger partial charge on any atom is 1.00 e. The fourth-order valence-corrected chi connectivity index (χ4v) is 4.53. The molecule has 0 radical (unpaired) electrons. The molecular weight excluding hydrogens is 475 g/mol. The van der Waals surface area contributed by atoms with E-state index in [1.165, 1.54) is 0 Å². The van der Waals surface area contributed by atoms with Crippen LogP contribution in [0.5, 0.6) is 0 Å². The van der Waals surface area contributed by atoms with E-state index in [2.05, 4.69) is 16.4 Å². The molecule has 2 N–H and O–H groups in total. The number of hydrogen-bond acceptors (Lipinski definition) is 4. The van der Waals surface area contributed by atoms with Gasteiger partial charge in [0, 0.05) is 17.1 Å². The molecule has 1 atom stereocenters. The summed E-state index contributed by atoms with van der Waals surface area (Å²) in [6.07, 6.45) is 8.11. The van der Waals surface area contributed by atoms with E-state index >= 15 is 0 Å². The second kappa shape index (κ2) is 13.3. The molecule has 0 saturated heterocycles. The molecule has 37 heavy (non-hydrogen) atoms. The van der Waals surface area contributed by atoms with Crippen LogP contribution in [0.15, 0.2) is 79.0 Å². The number of aliphatic carboxylic acids is 1. The van der Waals surface area contributed by atoms with Crippen molar-refractivity contribution in [1.29, 1.82) is 0 Å². The molecule has 3 aromatic carbocycles. The molecule has 1 aromatic heterocycles. The Bertz CT molecular complexity index is 1440. The average molecular weight is 505 g/mol. The van der Waals surface area contributed by atoms with Crippen LogP contribution in [0.2, 0.25) is 0 Å². The predicted octanol–water partition coefficient (Wildman–Crippen LogP) is 3.43. The second-order valence-corrected chi connectivity index (χ2v) is 9.55. The fourth-order valence-electron chi connectivity index (χ4n) is 4.06. The van der Waals surface area contributed by atoms with Gasteiger partial charge in [-0.1, -0.05) is 60.7 Å². The Morgan fingerprint density at radius 2 is 1.73 bits per heavy atom. The third-order valence-electron chi connectivity index (χ3n) is 6.02.